The second-order valence-corrected chi connectivity index (χ2v) is 7.83. The minimum absolute atomic E-state index is 0.116. The highest BCUT2D eigenvalue weighted by atomic mass is 32.2. The molecule has 124 valence electrons. The molecule has 0 spiro atoms. The van der Waals surface area contributed by atoms with Crippen LogP contribution in [0.1, 0.15) is 17.7 Å². The van der Waals surface area contributed by atoms with Gasteiger partial charge in [0.1, 0.15) is 5.25 Å². The first kappa shape index (κ1) is 16.7. The third-order valence-corrected chi connectivity index (χ3v) is 6.23. The lowest BCUT2D eigenvalue weighted by Crippen LogP contribution is -2.30. The molecular formula is C17H16N2O3S2. The predicted molar refractivity (Wildman–Crippen MR) is 95.2 cm³/mol. The van der Waals surface area contributed by atoms with E-state index in [9.17, 15) is 13.2 Å². The Morgan fingerprint density at radius 1 is 1.04 bits per heavy atom. The van der Waals surface area contributed by atoms with Crippen molar-refractivity contribution in [1.29, 1.82) is 0 Å². The number of benzene rings is 2. The van der Waals surface area contributed by atoms with Crippen molar-refractivity contribution in [2.24, 2.45) is 4.40 Å². The Morgan fingerprint density at radius 3 is 2.21 bits per heavy atom. The average Bonchev–Trinajstić information content (AvgIpc) is 2.91. The van der Waals surface area contributed by atoms with Crippen molar-refractivity contribution in [3.63, 3.8) is 0 Å². The van der Waals surface area contributed by atoms with Gasteiger partial charge in [-0.05, 0) is 24.6 Å². The number of likely N-dealkylation sites (N-methyl/N-ethyl adjacent to an activating group) is 1. The summed E-state index contributed by atoms with van der Waals surface area (Å²) in [6, 6.07) is 17.3. The lowest BCUT2D eigenvalue weighted by molar-refractivity contribution is -0.126. The van der Waals surface area contributed by atoms with E-state index < -0.39 is 15.3 Å². The van der Waals surface area contributed by atoms with Gasteiger partial charge >= 0.3 is 0 Å². The maximum absolute atomic E-state index is 12.6. The molecule has 1 unspecified atom stereocenters. The van der Waals surface area contributed by atoms with Gasteiger partial charge in [0.2, 0.25) is 5.91 Å². The zero-order chi connectivity index (χ0) is 17.2. The van der Waals surface area contributed by atoms with E-state index in [4.69, 9.17) is 0 Å². The van der Waals surface area contributed by atoms with E-state index in [1.807, 2.05) is 30.3 Å². The molecule has 3 rings (SSSR count). The molecular weight excluding hydrogens is 344 g/mol. The molecule has 7 heteroatoms. The molecule has 5 nitrogen and oxygen atoms in total. The van der Waals surface area contributed by atoms with Crippen LogP contribution in [0.3, 0.4) is 0 Å². The number of thioether (sulfide) groups is 1. The van der Waals surface area contributed by atoms with Crippen LogP contribution in [0.2, 0.25) is 0 Å². The van der Waals surface area contributed by atoms with Gasteiger partial charge < -0.3 is 0 Å². The Bertz CT molecular complexity index is 865. The SMILES string of the molecule is CCN1C(=O)C(c2ccccc2)S/C1=N/S(=O)(=O)c1ccccc1. The summed E-state index contributed by atoms with van der Waals surface area (Å²) in [6.07, 6.45) is 0. The summed E-state index contributed by atoms with van der Waals surface area (Å²) in [5.41, 5.74) is 0.841. The standard InChI is InChI=1S/C17H16N2O3S2/c1-2-19-16(20)15(13-9-5-3-6-10-13)23-17(19)18-24(21,22)14-11-7-4-8-12-14/h3-12,15H,2H2,1H3/b18-17+. The number of nitrogens with zero attached hydrogens (tertiary/aromatic N) is 2. The molecule has 0 N–H and O–H groups in total. The highest BCUT2D eigenvalue weighted by molar-refractivity contribution is 8.15. The van der Waals surface area contributed by atoms with Gasteiger partial charge in [-0.1, -0.05) is 60.3 Å². The molecule has 0 saturated carbocycles. The first-order valence-electron chi connectivity index (χ1n) is 7.46. The van der Waals surface area contributed by atoms with Gasteiger partial charge in [0.15, 0.2) is 5.17 Å². The number of hydrogen-bond acceptors (Lipinski definition) is 4. The summed E-state index contributed by atoms with van der Waals surface area (Å²) >= 11 is 1.17. The second-order valence-electron chi connectivity index (χ2n) is 5.15. The Hall–Kier alpha value is -2.12. The van der Waals surface area contributed by atoms with Gasteiger partial charge in [-0.2, -0.15) is 8.42 Å². The fraction of sp³-hybridized carbons (Fsp3) is 0.176. The van der Waals surface area contributed by atoms with Crippen LogP contribution in [0.25, 0.3) is 0 Å². The summed E-state index contributed by atoms with van der Waals surface area (Å²) < 4.78 is 28.8. The maximum atomic E-state index is 12.6. The summed E-state index contributed by atoms with van der Waals surface area (Å²) in [5.74, 6) is -0.143. The van der Waals surface area contributed by atoms with Crippen LogP contribution in [-0.2, 0) is 14.8 Å². The number of rotatable bonds is 4. The summed E-state index contributed by atoms with van der Waals surface area (Å²) in [5, 5.41) is -0.240. The fourth-order valence-corrected chi connectivity index (χ4v) is 4.86. The average molecular weight is 360 g/mol. The number of carbonyl (C=O) groups excluding carboxylic acids is 1. The van der Waals surface area contributed by atoms with Crippen LogP contribution < -0.4 is 0 Å². The van der Waals surface area contributed by atoms with Crippen LogP contribution >= 0.6 is 11.8 Å². The van der Waals surface area contributed by atoms with Crippen LogP contribution in [0.5, 0.6) is 0 Å². The first-order valence-corrected chi connectivity index (χ1v) is 9.78. The van der Waals surface area contributed by atoms with Crippen molar-refractivity contribution in [3.8, 4) is 0 Å². The van der Waals surface area contributed by atoms with E-state index in [0.717, 1.165) is 5.56 Å². The minimum Gasteiger partial charge on any atom is -0.290 e. The van der Waals surface area contributed by atoms with E-state index in [0.29, 0.717) is 6.54 Å². The molecule has 1 amide bonds. The van der Waals surface area contributed by atoms with E-state index in [1.165, 1.54) is 28.8 Å². The van der Waals surface area contributed by atoms with Gasteiger partial charge in [0, 0.05) is 6.54 Å². The molecule has 1 fully saturated rings. The maximum Gasteiger partial charge on any atom is 0.284 e. The Kier molecular flexibility index (Phi) is 4.73. The fourth-order valence-electron chi connectivity index (χ4n) is 2.40. The molecule has 1 atom stereocenters. The molecule has 2 aromatic carbocycles. The minimum atomic E-state index is -3.84. The van der Waals surface area contributed by atoms with Crippen molar-refractivity contribution >= 4 is 32.9 Å². The number of hydrogen-bond donors (Lipinski definition) is 0. The first-order chi connectivity index (χ1) is 11.5. The van der Waals surface area contributed by atoms with Gasteiger partial charge in [0.25, 0.3) is 10.0 Å². The largest absolute Gasteiger partial charge is 0.290 e. The van der Waals surface area contributed by atoms with E-state index >= 15 is 0 Å². The summed E-state index contributed by atoms with van der Waals surface area (Å²) in [4.78, 5) is 14.1. The highest BCUT2D eigenvalue weighted by Crippen LogP contribution is 2.39. The molecule has 0 bridgehead atoms. The molecule has 0 radical (unpaired) electrons. The normalized spacial score (nSPS) is 19.9. The lowest BCUT2D eigenvalue weighted by atomic mass is 10.1. The molecule has 1 aliphatic rings. The van der Waals surface area contributed by atoms with Crippen molar-refractivity contribution in [3.05, 3.63) is 66.2 Å². The third kappa shape index (κ3) is 3.22. The number of carbonyl (C=O) groups is 1. The molecule has 1 aliphatic heterocycles. The topological polar surface area (TPSA) is 66.8 Å². The van der Waals surface area contributed by atoms with Crippen molar-refractivity contribution in [1.82, 2.24) is 4.90 Å². The number of sulfonamides is 1. The lowest BCUT2D eigenvalue weighted by Gasteiger charge is -2.13. The highest BCUT2D eigenvalue weighted by Gasteiger charge is 2.39. The van der Waals surface area contributed by atoms with Crippen LogP contribution in [0, 0.1) is 0 Å². The number of amides is 1. The van der Waals surface area contributed by atoms with Crippen LogP contribution in [0.4, 0.5) is 0 Å². The summed E-state index contributed by atoms with van der Waals surface area (Å²) in [7, 11) is -3.84. The monoisotopic (exact) mass is 360 g/mol. The Balaban J connectivity index is 1.97. The zero-order valence-corrected chi connectivity index (χ0v) is 14.6. The van der Waals surface area contributed by atoms with Gasteiger partial charge in [-0.25, -0.2) is 0 Å². The molecule has 2 aromatic rings. The van der Waals surface area contributed by atoms with Crippen molar-refractivity contribution in [2.75, 3.05) is 6.54 Å². The quantitative estimate of drug-likeness (QED) is 0.840. The van der Waals surface area contributed by atoms with Crippen LogP contribution in [-0.4, -0.2) is 30.9 Å². The van der Waals surface area contributed by atoms with Crippen molar-refractivity contribution in [2.45, 2.75) is 17.1 Å². The summed E-state index contributed by atoms with van der Waals surface area (Å²) in [6.45, 7) is 2.18. The van der Waals surface area contributed by atoms with Gasteiger partial charge in [-0.3, -0.25) is 9.69 Å². The third-order valence-electron chi connectivity index (χ3n) is 3.60. The van der Waals surface area contributed by atoms with E-state index in [1.54, 1.807) is 25.1 Å². The van der Waals surface area contributed by atoms with Gasteiger partial charge in [-0.15, -0.1) is 4.40 Å². The molecule has 0 aliphatic carbocycles. The molecule has 0 aromatic heterocycles. The smallest absolute Gasteiger partial charge is 0.284 e. The molecule has 1 heterocycles. The van der Waals surface area contributed by atoms with E-state index in [2.05, 4.69) is 4.40 Å². The Labute approximate surface area is 145 Å². The van der Waals surface area contributed by atoms with Crippen LogP contribution in [0.15, 0.2) is 70.0 Å². The Morgan fingerprint density at radius 2 is 1.62 bits per heavy atom. The zero-order valence-electron chi connectivity index (χ0n) is 13.0. The molecule has 1 saturated heterocycles. The van der Waals surface area contributed by atoms with E-state index in [-0.39, 0.29) is 16.0 Å². The number of amidine groups is 1. The van der Waals surface area contributed by atoms with Gasteiger partial charge in [0.05, 0.1) is 4.90 Å². The van der Waals surface area contributed by atoms with Crippen molar-refractivity contribution < 1.29 is 13.2 Å². The second kappa shape index (κ2) is 6.78. The molecule has 24 heavy (non-hydrogen) atoms. The predicted octanol–water partition coefficient (Wildman–Crippen LogP) is 3.07.